The number of benzene rings is 1. The van der Waals surface area contributed by atoms with Crippen LogP contribution in [0.5, 0.6) is 0 Å². The minimum atomic E-state index is -4.85. The summed E-state index contributed by atoms with van der Waals surface area (Å²) < 4.78 is 52.7. The highest BCUT2D eigenvalue weighted by atomic mass is 35.5. The lowest BCUT2D eigenvalue weighted by molar-refractivity contribution is -0.138. The molecule has 1 aliphatic rings. The lowest BCUT2D eigenvalue weighted by Gasteiger charge is -2.35. The molecule has 10 heteroatoms. The first-order valence-electron chi connectivity index (χ1n) is 9.21. The first kappa shape index (κ1) is 23.9. The molecule has 30 heavy (non-hydrogen) atoms. The predicted molar refractivity (Wildman–Crippen MR) is 110 cm³/mol. The number of rotatable bonds is 4. The van der Waals surface area contributed by atoms with Gasteiger partial charge in [0.15, 0.2) is 0 Å². The smallest absolute Gasteiger partial charge is 0.357 e. The monoisotopic (exact) mass is 446 g/mol. The van der Waals surface area contributed by atoms with E-state index in [1.165, 1.54) is 6.07 Å². The van der Waals surface area contributed by atoms with Gasteiger partial charge in [-0.25, -0.2) is 9.37 Å². The molecule has 0 radical (unpaired) electrons. The molecule has 1 aromatic heterocycles. The number of nitrogens with one attached hydrogen (secondary N) is 1. The number of carbonyl (C=O) groups is 1. The molecule has 1 aromatic carbocycles. The van der Waals surface area contributed by atoms with Gasteiger partial charge in [0.2, 0.25) is 0 Å². The van der Waals surface area contributed by atoms with E-state index in [1.807, 2.05) is 11.9 Å². The van der Waals surface area contributed by atoms with Crippen LogP contribution in [0.1, 0.15) is 28.8 Å². The van der Waals surface area contributed by atoms with Gasteiger partial charge in [-0.15, -0.1) is 12.4 Å². The molecule has 0 aliphatic carbocycles. The van der Waals surface area contributed by atoms with Crippen LogP contribution in [0.4, 0.5) is 29.2 Å². The van der Waals surface area contributed by atoms with Crippen molar-refractivity contribution in [1.29, 1.82) is 0 Å². The highest BCUT2D eigenvalue weighted by molar-refractivity contribution is 6.05. The number of hydrogen-bond donors (Lipinski definition) is 1. The van der Waals surface area contributed by atoms with Crippen LogP contribution in [0.25, 0.3) is 0 Å². The molecule has 0 unspecified atom stereocenters. The number of carbonyl (C=O) groups excluding carboxylic acids is 1. The first-order valence-corrected chi connectivity index (χ1v) is 9.21. The van der Waals surface area contributed by atoms with Crippen molar-refractivity contribution in [2.45, 2.75) is 25.1 Å². The zero-order valence-corrected chi connectivity index (χ0v) is 17.4. The van der Waals surface area contributed by atoms with Gasteiger partial charge in [-0.1, -0.05) is 6.07 Å². The number of amides is 1. The normalized spacial score (nSPS) is 15.4. The number of nitrogens with zero attached hydrogens (tertiary/aromatic N) is 3. The molecule has 3 rings (SSSR count). The average molecular weight is 447 g/mol. The summed E-state index contributed by atoms with van der Waals surface area (Å²) in [6.45, 7) is 1.94. The Balaban J connectivity index is 0.00000320. The molecule has 1 aliphatic heterocycles. The van der Waals surface area contributed by atoms with Crippen molar-refractivity contribution in [3.63, 3.8) is 0 Å². The topological polar surface area (TPSA) is 48.5 Å². The van der Waals surface area contributed by atoms with Crippen LogP contribution in [-0.2, 0) is 6.18 Å². The third kappa shape index (κ3) is 5.60. The maximum atomic E-state index is 13.3. The molecule has 5 nitrogen and oxygen atoms in total. The van der Waals surface area contributed by atoms with Gasteiger partial charge < -0.3 is 15.1 Å². The Bertz CT molecular complexity index is 885. The van der Waals surface area contributed by atoms with Crippen molar-refractivity contribution >= 4 is 29.9 Å². The molecule has 1 amide bonds. The van der Waals surface area contributed by atoms with Gasteiger partial charge in [-0.2, -0.15) is 13.2 Å². The van der Waals surface area contributed by atoms with E-state index in [1.54, 1.807) is 12.1 Å². The zero-order valence-electron chi connectivity index (χ0n) is 16.5. The van der Waals surface area contributed by atoms with E-state index in [9.17, 15) is 22.4 Å². The summed E-state index contributed by atoms with van der Waals surface area (Å²) in [6, 6.07) is 7.21. The molecular formula is C20H23ClF4N4O. The number of halogens is 5. The molecule has 2 heterocycles. The van der Waals surface area contributed by atoms with Crippen LogP contribution in [0.15, 0.2) is 36.4 Å². The van der Waals surface area contributed by atoms with E-state index >= 15 is 0 Å². The first-order chi connectivity index (χ1) is 13.6. The number of pyridine rings is 1. The zero-order chi connectivity index (χ0) is 21.2. The number of hydrogen-bond acceptors (Lipinski definition) is 4. The van der Waals surface area contributed by atoms with Crippen LogP contribution in [0.2, 0.25) is 0 Å². The molecule has 1 saturated heterocycles. The van der Waals surface area contributed by atoms with Crippen molar-refractivity contribution in [2.75, 3.05) is 37.4 Å². The second-order valence-electron chi connectivity index (χ2n) is 7.17. The largest absolute Gasteiger partial charge is 0.417 e. The number of piperidine rings is 1. The molecule has 1 fully saturated rings. The number of anilines is 2. The standard InChI is InChI=1S/C20H22F4N4O.ClH/c1-27-10-8-14(9-11-27)28(2)18-5-3-4-17(25-18)26-19(29)15-7-6-13(21)12-16(15)20(22,23)24;/h3-7,12,14H,8-11H2,1-2H3,(H,25,26,29);1H. The second-order valence-corrected chi connectivity index (χ2v) is 7.17. The van der Waals surface area contributed by atoms with Gasteiger partial charge in [-0.3, -0.25) is 4.79 Å². The Morgan fingerprint density at radius 2 is 1.87 bits per heavy atom. The molecule has 0 bridgehead atoms. The third-order valence-electron chi connectivity index (χ3n) is 5.10. The van der Waals surface area contributed by atoms with Gasteiger partial charge in [0.1, 0.15) is 17.5 Å². The van der Waals surface area contributed by atoms with Crippen molar-refractivity contribution in [2.24, 2.45) is 0 Å². The number of aromatic nitrogens is 1. The SMILES string of the molecule is CN1CCC(N(C)c2cccc(NC(=O)c3ccc(F)cc3C(F)(F)F)n2)CC1.Cl. The predicted octanol–water partition coefficient (Wildman–Crippen LogP) is 4.44. The van der Waals surface area contributed by atoms with Crippen LogP contribution in [0.3, 0.4) is 0 Å². The van der Waals surface area contributed by atoms with E-state index in [0.717, 1.165) is 38.1 Å². The summed E-state index contributed by atoms with van der Waals surface area (Å²) >= 11 is 0. The minimum absolute atomic E-state index is 0. The Morgan fingerprint density at radius 3 is 2.50 bits per heavy atom. The molecule has 0 saturated carbocycles. The van der Waals surface area contributed by atoms with E-state index in [2.05, 4.69) is 22.2 Å². The Hall–Kier alpha value is -2.39. The Kier molecular flexibility index (Phi) is 7.65. The number of alkyl halides is 3. The summed E-state index contributed by atoms with van der Waals surface area (Å²) in [5.41, 5.74) is -1.98. The lowest BCUT2D eigenvalue weighted by atomic mass is 10.0. The lowest BCUT2D eigenvalue weighted by Crippen LogP contribution is -2.42. The van der Waals surface area contributed by atoms with Gasteiger partial charge in [0.05, 0.1) is 11.1 Å². The van der Waals surface area contributed by atoms with Gasteiger partial charge in [0, 0.05) is 13.1 Å². The molecule has 164 valence electrons. The second kappa shape index (κ2) is 9.61. The molecule has 1 N–H and O–H groups in total. The third-order valence-corrected chi connectivity index (χ3v) is 5.10. The quantitative estimate of drug-likeness (QED) is 0.705. The maximum absolute atomic E-state index is 13.3. The van der Waals surface area contributed by atoms with Crippen LogP contribution >= 0.6 is 12.4 Å². The van der Waals surface area contributed by atoms with E-state index < -0.39 is 29.0 Å². The number of likely N-dealkylation sites (tertiary alicyclic amines) is 1. The summed E-state index contributed by atoms with van der Waals surface area (Å²) in [4.78, 5) is 21.0. The van der Waals surface area contributed by atoms with Gasteiger partial charge in [-0.05, 0) is 63.3 Å². The van der Waals surface area contributed by atoms with Crippen molar-refractivity contribution in [1.82, 2.24) is 9.88 Å². The van der Waals surface area contributed by atoms with Gasteiger partial charge >= 0.3 is 6.18 Å². The summed E-state index contributed by atoms with van der Waals surface area (Å²) in [7, 11) is 3.97. The summed E-state index contributed by atoms with van der Waals surface area (Å²) in [5.74, 6) is -1.31. The Labute approximate surface area is 178 Å². The summed E-state index contributed by atoms with van der Waals surface area (Å²) in [6.07, 6.45) is -2.91. The van der Waals surface area contributed by atoms with E-state index in [-0.39, 0.29) is 18.2 Å². The Morgan fingerprint density at radius 1 is 1.20 bits per heavy atom. The van der Waals surface area contributed by atoms with Crippen LogP contribution in [0, 0.1) is 5.82 Å². The maximum Gasteiger partial charge on any atom is 0.417 e. The highest BCUT2D eigenvalue weighted by Gasteiger charge is 2.35. The fourth-order valence-electron chi connectivity index (χ4n) is 3.39. The fourth-order valence-corrected chi connectivity index (χ4v) is 3.39. The summed E-state index contributed by atoms with van der Waals surface area (Å²) in [5, 5.41) is 2.39. The molecular weight excluding hydrogens is 424 g/mol. The van der Waals surface area contributed by atoms with Crippen molar-refractivity contribution < 1.29 is 22.4 Å². The van der Waals surface area contributed by atoms with Crippen LogP contribution < -0.4 is 10.2 Å². The highest BCUT2D eigenvalue weighted by Crippen LogP contribution is 2.33. The van der Waals surface area contributed by atoms with Crippen LogP contribution in [-0.4, -0.2) is 49.0 Å². The van der Waals surface area contributed by atoms with E-state index in [0.29, 0.717) is 17.9 Å². The van der Waals surface area contributed by atoms with Crippen molar-refractivity contribution in [3.05, 3.63) is 53.3 Å². The van der Waals surface area contributed by atoms with Crippen molar-refractivity contribution in [3.8, 4) is 0 Å². The molecule has 2 aromatic rings. The molecule has 0 spiro atoms. The van der Waals surface area contributed by atoms with E-state index in [4.69, 9.17) is 0 Å². The average Bonchev–Trinajstić information content (AvgIpc) is 2.67. The van der Waals surface area contributed by atoms with Gasteiger partial charge in [0.25, 0.3) is 5.91 Å². The fraction of sp³-hybridized carbons (Fsp3) is 0.400. The molecule has 0 atom stereocenters. The minimum Gasteiger partial charge on any atom is -0.357 e.